The maximum atomic E-state index is 12.0. The lowest BCUT2D eigenvalue weighted by molar-refractivity contribution is -0.137. The van der Waals surface area contributed by atoms with E-state index < -0.39 is 5.97 Å². The summed E-state index contributed by atoms with van der Waals surface area (Å²) in [6.45, 7) is 4.28. The Morgan fingerprint density at radius 3 is 2.63 bits per heavy atom. The Hall–Kier alpha value is -1.75. The molecule has 0 saturated carbocycles. The fraction of sp³-hybridized carbons (Fsp3) is 0.385. The number of carbonyl (C=O) groups is 2. The molecule has 2 N–H and O–H groups in total. The number of aryl methyl sites for hydroxylation is 1. The lowest BCUT2D eigenvalue weighted by Gasteiger charge is -2.21. The van der Waals surface area contributed by atoms with Crippen LogP contribution in [-0.2, 0) is 4.79 Å². The van der Waals surface area contributed by atoms with Crippen molar-refractivity contribution in [1.29, 1.82) is 0 Å². The summed E-state index contributed by atoms with van der Waals surface area (Å²) in [6, 6.07) is 4.86. The molecule has 1 aromatic carbocycles. The van der Waals surface area contributed by atoms with Gasteiger partial charge in [0.15, 0.2) is 0 Å². The molecule has 0 heterocycles. The molecule has 0 aromatic heterocycles. The van der Waals surface area contributed by atoms with E-state index in [0.29, 0.717) is 17.3 Å². The van der Waals surface area contributed by atoms with Crippen molar-refractivity contribution in [1.82, 2.24) is 4.90 Å². The number of urea groups is 1. The molecule has 5 nitrogen and oxygen atoms in total. The lowest BCUT2D eigenvalue weighted by atomic mass is 10.2. The lowest BCUT2D eigenvalue weighted by Crippen LogP contribution is -2.36. The van der Waals surface area contributed by atoms with Gasteiger partial charge in [0, 0.05) is 23.8 Å². The number of halogens is 1. The van der Waals surface area contributed by atoms with Gasteiger partial charge in [-0.25, -0.2) is 4.79 Å². The van der Waals surface area contributed by atoms with Crippen LogP contribution in [0.25, 0.3) is 0 Å². The minimum atomic E-state index is -0.922. The van der Waals surface area contributed by atoms with Gasteiger partial charge in [-0.1, -0.05) is 11.6 Å². The van der Waals surface area contributed by atoms with Crippen LogP contribution in [0.2, 0.25) is 5.02 Å². The van der Waals surface area contributed by atoms with Crippen molar-refractivity contribution >= 4 is 29.3 Å². The molecule has 0 aliphatic rings. The van der Waals surface area contributed by atoms with Gasteiger partial charge in [0.05, 0.1) is 6.42 Å². The molecule has 19 heavy (non-hydrogen) atoms. The fourth-order valence-corrected chi connectivity index (χ4v) is 1.82. The molecule has 0 bridgehead atoms. The number of carbonyl (C=O) groups excluding carboxylic acids is 1. The van der Waals surface area contributed by atoms with E-state index in [2.05, 4.69) is 5.32 Å². The summed E-state index contributed by atoms with van der Waals surface area (Å²) >= 11 is 5.84. The first-order valence-corrected chi connectivity index (χ1v) is 6.35. The molecule has 0 atom stereocenters. The topological polar surface area (TPSA) is 69.6 Å². The summed E-state index contributed by atoms with van der Waals surface area (Å²) < 4.78 is 0. The Morgan fingerprint density at radius 2 is 2.11 bits per heavy atom. The van der Waals surface area contributed by atoms with Gasteiger partial charge in [-0.05, 0) is 37.6 Å². The second-order valence-electron chi connectivity index (χ2n) is 4.11. The summed E-state index contributed by atoms with van der Waals surface area (Å²) in [6.07, 6.45) is -0.0686. The molecule has 0 aliphatic heterocycles. The maximum absolute atomic E-state index is 12.0. The molecule has 1 aromatic rings. The van der Waals surface area contributed by atoms with Crippen LogP contribution >= 0.6 is 11.6 Å². The van der Waals surface area contributed by atoms with E-state index in [4.69, 9.17) is 16.7 Å². The van der Waals surface area contributed by atoms with Crippen LogP contribution in [0.3, 0.4) is 0 Å². The second kappa shape index (κ2) is 6.99. The minimum absolute atomic E-state index is 0.0686. The van der Waals surface area contributed by atoms with E-state index in [1.165, 1.54) is 4.90 Å². The van der Waals surface area contributed by atoms with E-state index in [9.17, 15) is 9.59 Å². The number of carboxylic acid groups (broad SMARTS) is 1. The van der Waals surface area contributed by atoms with Gasteiger partial charge in [-0.3, -0.25) is 4.79 Å². The Labute approximate surface area is 117 Å². The quantitative estimate of drug-likeness (QED) is 0.873. The van der Waals surface area contributed by atoms with Crippen LogP contribution in [0.15, 0.2) is 18.2 Å². The zero-order valence-electron chi connectivity index (χ0n) is 10.9. The SMILES string of the molecule is CCN(CCC(=O)O)C(=O)Nc1ccc(Cl)cc1C. The number of carboxylic acids is 1. The molecule has 0 unspecified atom stereocenters. The van der Waals surface area contributed by atoms with Gasteiger partial charge >= 0.3 is 12.0 Å². The van der Waals surface area contributed by atoms with Crippen molar-refractivity contribution in [2.75, 3.05) is 18.4 Å². The number of nitrogens with zero attached hydrogens (tertiary/aromatic N) is 1. The molecule has 1 rings (SSSR count). The van der Waals surface area contributed by atoms with Crippen molar-refractivity contribution in [2.24, 2.45) is 0 Å². The van der Waals surface area contributed by atoms with Crippen LogP contribution in [0.5, 0.6) is 0 Å². The molecular weight excluding hydrogens is 268 g/mol. The van der Waals surface area contributed by atoms with Crippen LogP contribution in [0, 0.1) is 6.92 Å². The van der Waals surface area contributed by atoms with Crippen molar-refractivity contribution in [2.45, 2.75) is 20.3 Å². The summed E-state index contributed by atoms with van der Waals surface area (Å²) in [7, 11) is 0. The highest BCUT2D eigenvalue weighted by atomic mass is 35.5. The van der Waals surface area contributed by atoms with Crippen molar-refractivity contribution < 1.29 is 14.7 Å². The highest BCUT2D eigenvalue weighted by molar-refractivity contribution is 6.30. The molecule has 0 fully saturated rings. The zero-order chi connectivity index (χ0) is 14.4. The molecule has 0 saturated heterocycles. The normalized spacial score (nSPS) is 10.1. The number of nitrogens with one attached hydrogen (secondary N) is 1. The van der Waals surface area contributed by atoms with Gasteiger partial charge < -0.3 is 15.3 Å². The van der Waals surface area contributed by atoms with Gasteiger partial charge in [0.1, 0.15) is 0 Å². The predicted molar refractivity (Wildman–Crippen MR) is 74.7 cm³/mol. The van der Waals surface area contributed by atoms with Gasteiger partial charge in [0.2, 0.25) is 0 Å². The molecule has 0 aliphatic carbocycles. The number of rotatable bonds is 5. The number of hydrogen-bond donors (Lipinski definition) is 2. The number of benzene rings is 1. The number of amides is 2. The van der Waals surface area contributed by atoms with Crippen LogP contribution < -0.4 is 5.32 Å². The Kier molecular flexibility index (Phi) is 5.63. The van der Waals surface area contributed by atoms with Crippen molar-refractivity contribution in [3.8, 4) is 0 Å². The third-order valence-corrected chi connectivity index (χ3v) is 2.93. The zero-order valence-corrected chi connectivity index (χ0v) is 11.7. The smallest absolute Gasteiger partial charge is 0.321 e. The summed E-state index contributed by atoms with van der Waals surface area (Å²) in [5.74, 6) is -0.922. The first-order chi connectivity index (χ1) is 8.93. The minimum Gasteiger partial charge on any atom is -0.481 e. The number of aliphatic carboxylic acids is 1. The van der Waals surface area contributed by atoms with E-state index in [0.717, 1.165) is 5.56 Å². The average Bonchev–Trinajstić information content (AvgIpc) is 2.33. The number of hydrogen-bond acceptors (Lipinski definition) is 2. The molecular formula is C13H17ClN2O3. The second-order valence-corrected chi connectivity index (χ2v) is 4.55. The maximum Gasteiger partial charge on any atom is 0.321 e. The van der Waals surface area contributed by atoms with Crippen LogP contribution in [-0.4, -0.2) is 35.1 Å². The van der Waals surface area contributed by atoms with E-state index >= 15 is 0 Å². The first kappa shape index (κ1) is 15.3. The van der Waals surface area contributed by atoms with Crippen molar-refractivity contribution in [3.05, 3.63) is 28.8 Å². The van der Waals surface area contributed by atoms with E-state index in [1.807, 2.05) is 6.92 Å². The highest BCUT2D eigenvalue weighted by Gasteiger charge is 2.13. The Bertz CT molecular complexity index is 477. The van der Waals surface area contributed by atoms with Gasteiger partial charge in [0.25, 0.3) is 0 Å². The molecule has 0 spiro atoms. The summed E-state index contributed by atoms with van der Waals surface area (Å²) in [5, 5.41) is 12.0. The third kappa shape index (κ3) is 4.79. The number of anilines is 1. The summed E-state index contributed by atoms with van der Waals surface area (Å²) in [5.41, 5.74) is 1.53. The van der Waals surface area contributed by atoms with Crippen molar-refractivity contribution in [3.63, 3.8) is 0 Å². The summed E-state index contributed by atoms with van der Waals surface area (Å²) in [4.78, 5) is 23.9. The molecule has 0 radical (unpaired) electrons. The van der Waals surface area contributed by atoms with Crippen LogP contribution in [0.4, 0.5) is 10.5 Å². The van der Waals surface area contributed by atoms with Gasteiger partial charge in [-0.2, -0.15) is 0 Å². The fourth-order valence-electron chi connectivity index (χ4n) is 1.60. The monoisotopic (exact) mass is 284 g/mol. The Balaban J connectivity index is 2.68. The largest absolute Gasteiger partial charge is 0.481 e. The van der Waals surface area contributed by atoms with E-state index in [-0.39, 0.29) is 19.0 Å². The Morgan fingerprint density at radius 1 is 1.42 bits per heavy atom. The predicted octanol–water partition coefficient (Wildman–Crippen LogP) is 2.98. The van der Waals surface area contributed by atoms with E-state index in [1.54, 1.807) is 25.1 Å². The average molecular weight is 285 g/mol. The standard InChI is InChI=1S/C13H17ClN2O3/c1-3-16(7-6-12(17)18)13(19)15-11-5-4-10(14)8-9(11)2/h4-5,8H,3,6-7H2,1-2H3,(H,15,19)(H,17,18). The molecule has 6 heteroatoms. The molecule has 2 amide bonds. The van der Waals surface area contributed by atoms with Gasteiger partial charge in [-0.15, -0.1) is 0 Å². The highest BCUT2D eigenvalue weighted by Crippen LogP contribution is 2.19. The molecule has 104 valence electrons. The van der Waals surface area contributed by atoms with Crippen LogP contribution in [0.1, 0.15) is 18.9 Å². The first-order valence-electron chi connectivity index (χ1n) is 5.98. The third-order valence-electron chi connectivity index (χ3n) is 2.69.